The van der Waals surface area contributed by atoms with Gasteiger partial charge in [0.1, 0.15) is 0 Å². The van der Waals surface area contributed by atoms with E-state index in [1.807, 2.05) is 44.2 Å². The first-order valence-corrected chi connectivity index (χ1v) is 13.1. The van der Waals surface area contributed by atoms with Gasteiger partial charge >= 0.3 is 5.97 Å². The molecule has 2 N–H and O–H groups in total. The molecule has 3 aromatic carbocycles. The fourth-order valence-electron chi connectivity index (χ4n) is 5.15. The molecule has 5 rings (SSSR count). The van der Waals surface area contributed by atoms with Crippen LogP contribution in [0.3, 0.4) is 0 Å². The maximum Gasteiger partial charge on any atom is 0.337 e. The van der Waals surface area contributed by atoms with E-state index in [9.17, 15) is 13.2 Å². The molecule has 0 bridgehead atoms. The summed E-state index contributed by atoms with van der Waals surface area (Å²) in [6.45, 7) is 3.88. The van der Waals surface area contributed by atoms with Crippen LogP contribution < -0.4 is 10.0 Å². The summed E-state index contributed by atoms with van der Waals surface area (Å²) in [5, 5.41) is 3.62. The lowest BCUT2D eigenvalue weighted by Crippen LogP contribution is -2.29. The number of carbonyl (C=O) groups is 1. The van der Waals surface area contributed by atoms with Crippen LogP contribution in [0.1, 0.15) is 51.0 Å². The number of rotatable bonds is 5. The number of esters is 1. The number of ether oxygens (including phenoxy) is 1. The smallest absolute Gasteiger partial charge is 0.337 e. The highest BCUT2D eigenvalue weighted by Crippen LogP contribution is 2.50. The van der Waals surface area contributed by atoms with E-state index in [0.717, 1.165) is 34.4 Å². The molecule has 1 aliphatic carbocycles. The van der Waals surface area contributed by atoms with Gasteiger partial charge in [0.05, 0.1) is 29.3 Å². The normalized spacial score (nSPS) is 20.5. The third kappa shape index (κ3) is 4.32. The molecule has 1 heterocycles. The van der Waals surface area contributed by atoms with E-state index in [1.165, 1.54) is 7.11 Å². The molecule has 0 radical (unpaired) electrons. The van der Waals surface area contributed by atoms with Crippen molar-refractivity contribution in [1.82, 2.24) is 0 Å². The molecule has 3 atom stereocenters. The molecule has 0 saturated heterocycles. The van der Waals surface area contributed by atoms with Gasteiger partial charge < -0.3 is 10.1 Å². The van der Waals surface area contributed by atoms with Crippen molar-refractivity contribution < 1.29 is 17.9 Å². The highest BCUT2D eigenvalue weighted by Gasteiger charge is 2.38. The molecule has 1 aliphatic heterocycles. The van der Waals surface area contributed by atoms with Gasteiger partial charge in [0.25, 0.3) is 10.0 Å². The first kappa shape index (κ1) is 23.2. The highest BCUT2D eigenvalue weighted by atomic mass is 32.2. The Kier molecular flexibility index (Phi) is 5.89. The first-order valence-electron chi connectivity index (χ1n) is 11.6. The van der Waals surface area contributed by atoms with Crippen molar-refractivity contribution in [3.8, 4) is 0 Å². The topological polar surface area (TPSA) is 84.5 Å². The summed E-state index contributed by atoms with van der Waals surface area (Å²) in [7, 11) is -2.37. The van der Waals surface area contributed by atoms with Crippen LogP contribution in [0, 0.1) is 19.8 Å². The van der Waals surface area contributed by atoms with Crippen LogP contribution in [0.4, 0.5) is 11.4 Å². The molecule has 180 valence electrons. The van der Waals surface area contributed by atoms with Crippen molar-refractivity contribution in [3.63, 3.8) is 0 Å². The molecule has 0 amide bonds. The summed E-state index contributed by atoms with van der Waals surface area (Å²) in [6.07, 6.45) is 5.23. The largest absolute Gasteiger partial charge is 0.465 e. The highest BCUT2D eigenvalue weighted by molar-refractivity contribution is 7.92. The van der Waals surface area contributed by atoms with Gasteiger partial charge in [0.15, 0.2) is 0 Å². The number of methoxy groups -OCH3 is 1. The third-order valence-electron chi connectivity index (χ3n) is 6.96. The molecule has 0 aromatic heterocycles. The molecule has 3 aromatic rings. The van der Waals surface area contributed by atoms with Gasteiger partial charge in [-0.2, -0.15) is 0 Å². The standard InChI is InChI=1S/C28H28N2O4S/c1-17-7-13-25(18(2)15-17)30-35(32,33)21-12-14-26-24(16-21)22-5-4-6-23(22)27(29-26)19-8-10-20(11-9-19)28(31)34-3/h4-5,7-16,22-23,27,29-30H,6H2,1-3H3/t22-,23+,27+/m1/s1. The van der Waals surface area contributed by atoms with E-state index in [0.29, 0.717) is 11.3 Å². The van der Waals surface area contributed by atoms with Crippen LogP contribution in [0.15, 0.2) is 77.7 Å². The van der Waals surface area contributed by atoms with Crippen molar-refractivity contribution in [2.45, 2.75) is 37.1 Å². The minimum atomic E-state index is -3.74. The SMILES string of the molecule is COC(=O)c1ccc([C@@H]2Nc3ccc(S(=O)(=O)Nc4ccc(C)cc4C)cc3[C@@H]3C=CC[C@@H]32)cc1. The fourth-order valence-corrected chi connectivity index (χ4v) is 6.31. The lowest BCUT2D eigenvalue weighted by molar-refractivity contribution is 0.0600. The summed E-state index contributed by atoms with van der Waals surface area (Å²) in [5.74, 6) is -0.00776. The number of nitrogens with one attached hydrogen (secondary N) is 2. The molecule has 0 fully saturated rings. The van der Waals surface area contributed by atoms with E-state index >= 15 is 0 Å². The summed E-state index contributed by atoms with van der Waals surface area (Å²) < 4.78 is 34.0. The number of allylic oxidation sites excluding steroid dienone is 2. The molecule has 2 aliphatic rings. The van der Waals surface area contributed by atoms with Gasteiger partial charge in [-0.15, -0.1) is 0 Å². The minimum absolute atomic E-state index is 0.0463. The average molecular weight is 489 g/mol. The number of aryl methyl sites for hydroxylation is 2. The number of hydrogen-bond acceptors (Lipinski definition) is 5. The van der Waals surface area contributed by atoms with Crippen LogP contribution >= 0.6 is 0 Å². The van der Waals surface area contributed by atoms with Crippen LogP contribution in [0.25, 0.3) is 0 Å². The van der Waals surface area contributed by atoms with Crippen molar-refractivity contribution in [1.29, 1.82) is 0 Å². The van der Waals surface area contributed by atoms with E-state index in [1.54, 1.807) is 30.3 Å². The van der Waals surface area contributed by atoms with Gasteiger partial charge in [-0.25, -0.2) is 13.2 Å². The van der Waals surface area contributed by atoms with E-state index in [4.69, 9.17) is 4.74 Å². The number of sulfonamides is 1. The van der Waals surface area contributed by atoms with Crippen LogP contribution in [-0.2, 0) is 14.8 Å². The molecule has 35 heavy (non-hydrogen) atoms. The number of benzene rings is 3. The van der Waals surface area contributed by atoms with Gasteiger partial charge in [-0.05, 0) is 79.3 Å². The Morgan fingerprint density at radius 2 is 1.80 bits per heavy atom. The van der Waals surface area contributed by atoms with Crippen LogP contribution in [-0.4, -0.2) is 21.5 Å². The van der Waals surface area contributed by atoms with Gasteiger partial charge in [0, 0.05) is 11.6 Å². The molecule has 0 saturated carbocycles. The Hall–Kier alpha value is -3.58. The zero-order chi connectivity index (χ0) is 24.7. The van der Waals surface area contributed by atoms with E-state index < -0.39 is 10.0 Å². The van der Waals surface area contributed by atoms with Gasteiger partial charge in [-0.1, -0.05) is 42.0 Å². The van der Waals surface area contributed by atoms with Crippen molar-refractivity contribution >= 4 is 27.4 Å². The predicted octanol–water partition coefficient (Wildman–Crippen LogP) is 5.72. The van der Waals surface area contributed by atoms with Gasteiger partial charge in [-0.3, -0.25) is 4.72 Å². The Bertz CT molecular complexity index is 1430. The fraction of sp³-hybridized carbons (Fsp3) is 0.250. The molecule has 0 spiro atoms. The minimum Gasteiger partial charge on any atom is -0.465 e. The van der Waals surface area contributed by atoms with E-state index in [2.05, 4.69) is 22.2 Å². The average Bonchev–Trinajstić information content (AvgIpc) is 3.35. The third-order valence-corrected chi connectivity index (χ3v) is 8.32. The van der Waals surface area contributed by atoms with Crippen molar-refractivity contribution in [2.75, 3.05) is 17.1 Å². The number of anilines is 2. The predicted molar refractivity (Wildman–Crippen MR) is 137 cm³/mol. The lowest BCUT2D eigenvalue weighted by Gasteiger charge is -2.37. The molecule has 7 heteroatoms. The van der Waals surface area contributed by atoms with Crippen molar-refractivity contribution in [3.05, 3.63) is 101 Å². The molecular weight excluding hydrogens is 460 g/mol. The maximum absolute atomic E-state index is 13.2. The second-order valence-electron chi connectivity index (χ2n) is 9.26. The lowest BCUT2D eigenvalue weighted by atomic mass is 9.77. The molecular formula is C28H28N2O4S. The summed E-state index contributed by atoms with van der Waals surface area (Å²) in [4.78, 5) is 12.1. The zero-order valence-corrected chi connectivity index (χ0v) is 20.7. The quantitative estimate of drug-likeness (QED) is 0.355. The Balaban J connectivity index is 1.45. The second-order valence-corrected chi connectivity index (χ2v) is 10.9. The van der Waals surface area contributed by atoms with E-state index in [-0.39, 0.29) is 28.7 Å². The molecule has 0 unspecified atom stereocenters. The molecule has 6 nitrogen and oxygen atoms in total. The number of hydrogen-bond donors (Lipinski definition) is 2. The summed E-state index contributed by atoms with van der Waals surface area (Å²) in [5.41, 5.74) is 6.04. The van der Waals surface area contributed by atoms with Crippen LogP contribution in [0.2, 0.25) is 0 Å². The first-order chi connectivity index (χ1) is 16.8. The Labute approximate surface area is 206 Å². The van der Waals surface area contributed by atoms with Gasteiger partial charge in [0.2, 0.25) is 0 Å². The summed E-state index contributed by atoms with van der Waals surface area (Å²) >= 11 is 0. The van der Waals surface area contributed by atoms with Crippen LogP contribution in [0.5, 0.6) is 0 Å². The van der Waals surface area contributed by atoms with Crippen molar-refractivity contribution in [2.24, 2.45) is 5.92 Å². The number of fused-ring (bicyclic) bond motifs is 3. The Morgan fingerprint density at radius 1 is 1.03 bits per heavy atom. The number of carbonyl (C=O) groups excluding carboxylic acids is 1. The summed E-state index contributed by atoms with van der Waals surface area (Å²) in [6, 6.07) is 18.5. The zero-order valence-electron chi connectivity index (χ0n) is 19.9. The second kappa shape index (κ2) is 8.89. The maximum atomic E-state index is 13.2. The Morgan fingerprint density at radius 3 is 2.51 bits per heavy atom. The monoisotopic (exact) mass is 488 g/mol.